The Labute approximate surface area is 165 Å². The van der Waals surface area contributed by atoms with Gasteiger partial charge in [0.25, 0.3) is 11.1 Å². The number of benzene rings is 2. The summed E-state index contributed by atoms with van der Waals surface area (Å²) in [4.78, 5) is 25.6. The second-order valence-corrected chi connectivity index (χ2v) is 7.04. The standard InChI is InChI=1S/C21H18ClN3O3/c1-13-20-17(23-25(21(20)28)18-5-3-2-4-16(18)22)12-19(27)24(13)11-10-14-6-8-15(26)9-7-14/h2-9,12,23,26H,10-11H2,1H3. The van der Waals surface area contributed by atoms with Gasteiger partial charge in [0.05, 0.1) is 21.6 Å². The zero-order valence-corrected chi connectivity index (χ0v) is 15.9. The molecule has 0 unspecified atom stereocenters. The normalized spacial score (nSPS) is 11.2. The molecular weight excluding hydrogens is 378 g/mol. The first kappa shape index (κ1) is 18.1. The third-order valence-corrected chi connectivity index (χ3v) is 5.19. The summed E-state index contributed by atoms with van der Waals surface area (Å²) in [5.74, 6) is 0.200. The number of hydrogen-bond acceptors (Lipinski definition) is 3. The number of nitrogens with one attached hydrogen (secondary N) is 1. The van der Waals surface area contributed by atoms with Gasteiger partial charge in [0.15, 0.2) is 0 Å². The summed E-state index contributed by atoms with van der Waals surface area (Å²) in [6, 6.07) is 15.3. The predicted molar refractivity (Wildman–Crippen MR) is 110 cm³/mol. The van der Waals surface area contributed by atoms with Gasteiger partial charge >= 0.3 is 0 Å². The molecule has 2 aromatic heterocycles. The Balaban J connectivity index is 1.78. The summed E-state index contributed by atoms with van der Waals surface area (Å²) in [7, 11) is 0. The van der Waals surface area contributed by atoms with Gasteiger partial charge in [-0.2, -0.15) is 0 Å². The average molecular weight is 396 g/mol. The Morgan fingerprint density at radius 1 is 1.07 bits per heavy atom. The molecule has 4 rings (SSSR count). The molecule has 0 saturated heterocycles. The number of H-pyrrole nitrogens is 1. The minimum absolute atomic E-state index is 0.184. The minimum Gasteiger partial charge on any atom is -0.508 e. The van der Waals surface area contributed by atoms with Crippen LogP contribution in [0.15, 0.2) is 64.2 Å². The summed E-state index contributed by atoms with van der Waals surface area (Å²) in [6.07, 6.45) is 0.607. The lowest BCUT2D eigenvalue weighted by atomic mass is 10.1. The smallest absolute Gasteiger partial charge is 0.280 e. The van der Waals surface area contributed by atoms with Gasteiger partial charge in [0, 0.05) is 18.3 Å². The van der Waals surface area contributed by atoms with E-state index in [1.807, 2.05) is 12.1 Å². The summed E-state index contributed by atoms with van der Waals surface area (Å²) in [5, 5.41) is 13.3. The molecule has 6 nitrogen and oxygen atoms in total. The number of phenolic OH excluding ortho intramolecular Hbond substituents is 1. The molecule has 0 aliphatic heterocycles. The third kappa shape index (κ3) is 3.12. The van der Waals surface area contributed by atoms with Crippen molar-refractivity contribution < 1.29 is 5.11 Å². The summed E-state index contributed by atoms with van der Waals surface area (Å²) in [5.41, 5.74) is 2.18. The number of pyridine rings is 1. The van der Waals surface area contributed by atoms with Gasteiger partial charge in [-0.05, 0) is 43.2 Å². The molecular formula is C21H18ClN3O3. The van der Waals surface area contributed by atoms with Gasteiger partial charge in [0.2, 0.25) is 0 Å². The van der Waals surface area contributed by atoms with E-state index in [1.165, 1.54) is 10.7 Å². The van der Waals surface area contributed by atoms with E-state index in [-0.39, 0.29) is 16.9 Å². The van der Waals surface area contributed by atoms with Crippen LogP contribution in [0.3, 0.4) is 0 Å². The number of aromatic nitrogens is 3. The molecule has 0 aliphatic rings. The van der Waals surface area contributed by atoms with Crippen molar-refractivity contribution in [3.63, 3.8) is 0 Å². The van der Waals surface area contributed by atoms with E-state index in [1.54, 1.807) is 47.9 Å². The fourth-order valence-corrected chi connectivity index (χ4v) is 3.61. The van der Waals surface area contributed by atoms with Crippen LogP contribution in [-0.4, -0.2) is 19.5 Å². The van der Waals surface area contributed by atoms with Crippen molar-refractivity contribution in [2.45, 2.75) is 19.9 Å². The van der Waals surface area contributed by atoms with Crippen LogP contribution < -0.4 is 11.1 Å². The molecule has 2 heterocycles. The van der Waals surface area contributed by atoms with Crippen LogP contribution >= 0.6 is 11.6 Å². The number of para-hydroxylation sites is 1. The lowest BCUT2D eigenvalue weighted by Crippen LogP contribution is -2.24. The largest absolute Gasteiger partial charge is 0.508 e. The monoisotopic (exact) mass is 395 g/mol. The van der Waals surface area contributed by atoms with Gasteiger partial charge in [-0.15, -0.1) is 0 Å². The highest BCUT2D eigenvalue weighted by Crippen LogP contribution is 2.20. The van der Waals surface area contributed by atoms with Crippen LogP contribution in [-0.2, 0) is 13.0 Å². The number of aryl methyl sites for hydroxylation is 2. The minimum atomic E-state index is -0.251. The van der Waals surface area contributed by atoms with Crippen LogP contribution in [0, 0.1) is 6.92 Å². The van der Waals surface area contributed by atoms with Crippen LogP contribution in [0.2, 0.25) is 5.02 Å². The van der Waals surface area contributed by atoms with Crippen LogP contribution in [0.5, 0.6) is 5.75 Å². The number of aromatic amines is 1. The molecule has 0 fully saturated rings. The van der Waals surface area contributed by atoms with Gasteiger partial charge < -0.3 is 9.67 Å². The maximum absolute atomic E-state index is 13.0. The quantitative estimate of drug-likeness (QED) is 0.555. The highest BCUT2D eigenvalue weighted by atomic mass is 35.5. The predicted octanol–water partition coefficient (Wildman–Crippen LogP) is 3.39. The Morgan fingerprint density at radius 2 is 1.79 bits per heavy atom. The van der Waals surface area contributed by atoms with E-state index < -0.39 is 0 Å². The Hall–Kier alpha value is -3.25. The maximum atomic E-state index is 13.0. The summed E-state index contributed by atoms with van der Waals surface area (Å²) in [6.45, 7) is 2.20. The average Bonchev–Trinajstić information content (AvgIpc) is 2.99. The zero-order chi connectivity index (χ0) is 19.8. The van der Waals surface area contributed by atoms with Crippen molar-refractivity contribution in [3.05, 3.63) is 91.6 Å². The van der Waals surface area contributed by atoms with E-state index in [0.29, 0.717) is 40.3 Å². The summed E-state index contributed by atoms with van der Waals surface area (Å²) >= 11 is 6.22. The molecule has 0 radical (unpaired) electrons. The molecule has 2 N–H and O–H groups in total. The zero-order valence-electron chi connectivity index (χ0n) is 15.1. The van der Waals surface area contributed by atoms with E-state index in [2.05, 4.69) is 5.10 Å². The number of halogens is 1. The molecule has 0 atom stereocenters. The number of nitrogens with zero attached hydrogens (tertiary/aromatic N) is 2. The number of rotatable bonds is 4. The molecule has 28 heavy (non-hydrogen) atoms. The van der Waals surface area contributed by atoms with E-state index in [4.69, 9.17) is 11.6 Å². The number of phenols is 1. The topological polar surface area (TPSA) is 80.0 Å². The van der Waals surface area contributed by atoms with Crippen LogP contribution in [0.4, 0.5) is 0 Å². The van der Waals surface area contributed by atoms with E-state index >= 15 is 0 Å². The summed E-state index contributed by atoms with van der Waals surface area (Å²) < 4.78 is 2.96. The van der Waals surface area contributed by atoms with Crippen LogP contribution in [0.25, 0.3) is 16.6 Å². The van der Waals surface area contributed by atoms with Gasteiger partial charge in [-0.1, -0.05) is 35.9 Å². The van der Waals surface area contributed by atoms with E-state index in [9.17, 15) is 14.7 Å². The molecule has 4 aromatic rings. The van der Waals surface area contributed by atoms with Crippen LogP contribution in [0.1, 0.15) is 11.3 Å². The van der Waals surface area contributed by atoms with E-state index in [0.717, 1.165) is 5.56 Å². The third-order valence-electron chi connectivity index (χ3n) is 4.87. The molecule has 2 aromatic carbocycles. The van der Waals surface area contributed by atoms with Crippen molar-refractivity contribution in [3.8, 4) is 11.4 Å². The first-order chi connectivity index (χ1) is 13.5. The van der Waals surface area contributed by atoms with Gasteiger partial charge in [-0.3, -0.25) is 14.7 Å². The van der Waals surface area contributed by atoms with Crippen molar-refractivity contribution in [2.75, 3.05) is 0 Å². The van der Waals surface area contributed by atoms with Crippen molar-refractivity contribution in [1.82, 2.24) is 14.3 Å². The lowest BCUT2D eigenvalue weighted by molar-refractivity contribution is 0.475. The van der Waals surface area contributed by atoms with Crippen molar-refractivity contribution in [2.24, 2.45) is 0 Å². The molecule has 7 heteroatoms. The molecule has 0 amide bonds. The van der Waals surface area contributed by atoms with Crippen molar-refractivity contribution in [1.29, 1.82) is 0 Å². The second kappa shape index (κ2) is 7.05. The fraction of sp³-hybridized carbons (Fsp3) is 0.143. The molecule has 0 spiro atoms. The SMILES string of the molecule is Cc1c2c(=O)n(-c3ccccc3Cl)[nH]c2cc(=O)n1CCc1ccc(O)cc1. The first-order valence-electron chi connectivity index (χ1n) is 8.83. The fourth-order valence-electron chi connectivity index (χ4n) is 3.39. The van der Waals surface area contributed by atoms with Gasteiger partial charge in [-0.25, -0.2) is 4.68 Å². The Kier molecular flexibility index (Phi) is 4.57. The Bertz CT molecular complexity index is 1280. The first-order valence-corrected chi connectivity index (χ1v) is 9.21. The Morgan fingerprint density at radius 3 is 2.50 bits per heavy atom. The number of fused-ring (bicyclic) bond motifs is 1. The maximum Gasteiger partial charge on any atom is 0.280 e. The second-order valence-electron chi connectivity index (χ2n) is 6.63. The number of hydrogen-bond donors (Lipinski definition) is 2. The van der Waals surface area contributed by atoms with Gasteiger partial charge in [0.1, 0.15) is 5.75 Å². The molecule has 0 aliphatic carbocycles. The molecule has 0 bridgehead atoms. The molecule has 0 saturated carbocycles. The number of aromatic hydroxyl groups is 1. The highest BCUT2D eigenvalue weighted by molar-refractivity contribution is 6.32. The lowest BCUT2D eigenvalue weighted by Gasteiger charge is -2.10. The van der Waals surface area contributed by atoms with Crippen molar-refractivity contribution >= 4 is 22.5 Å². The molecule has 142 valence electrons. The highest BCUT2D eigenvalue weighted by Gasteiger charge is 2.16.